The number of hydrogen-bond acceptors (Lipinski definition) is 6. The van der Waals surface area contributed by atoms with Crippen LogP contribution < -0.4 is 9.47 Å². The van der Waals surface area contributed by atoms with Crippen molar-refractivity contribution < 1.29 is 13.9 Å². The van der Waals surface area contributed by atoms with E-state index in [9.17, 15) is 4.39 Å². The molecule has 2 aromatic carbocycles. The smallest absolute Gasteiger partial charge is 0.196 e. The Morgan fingerprint density at radius 2 is 1.90 bits per heavy atom. The second-order valence-electron chi connectivity index (χ2n) is 7.54. The van der Waals surface area contributed by atoms with Gasteiger partial charge in [-0.25, -0.2) is 4.39 Å². The average molecular weight is 463 g/mol. The number of benzene rings is 2. The van der Waals surface area contributed by atoms with Gasteiger partial charge in [0, 0.05) is 17.9 Å². The van der Waals surface area contributed by atoms with E-state index in [-0.39, 0.29) is 11.9 Å². The van der Waals surface area contributed by atoms with E-state index >= 15 is 0 Å². The Morgan fingerprint density at radius 1 is 1.16 bits per heavy atom. The van der Waals surface area contributed by atoms with Crippen LogP contribution >= 0.6 is 23.4 Å². The summed E-state index contributed by atoms with van der Waals surface area (Å²) in [6.07, 6.45) is 0.822. The number of fused-ring (bicyclic) bond motifs is 1. The summed E-state index contributed by atoms with van der Waals surface area (Å²) in [6.45, 7) is 3.25. The zero-order chi connectivity index (χ0) is 22.0. The first-order valence-corrected chi connectivity index (χ1v) is 11.4. The SMILES string of the molecule is C[C@H](c1nnc(SCc2cc(Cl)c3c(c2)OCCCO3)n1-c1ccc(F)cc1)N(C)C. The third-order valence-electron chi connectivity index (χ3n) is 5.12. The van der Waals surface area contributed by atoms with E-state index in [1.165, 1.54) is 23.9 Å². The van der Waals surface area contributed by atoms with Crippen LogP contribution in [0.1, 0.15) is 30.8 Å². The summed E-state index contributed by atoms with van der Waals surface area (Å²) in [5.74, 6) is 2.39. The third-order valence-corrected chi connectivity index (χ3v) is 6.40. The number of halogens is 2. The predicted octanol–water partition coefficient (Wildman–Crippen LogP) is 5.14. The summed E-state index contributed by atoms with van der Waals surface area (Å²) >= 11 is 7.97. The second kappa shape index (κ2) is 9.46. The van der Waals surface area contributed by atoms with Crippen LogP contribution in [0.25, 0.3) is 5.69 Å². The molecule has 9 heteroatoms. The summed E-state index contributed by atoms with van der Waals surface area (Å²) in [5.41, 5.74) is 1.81. The van der Waals surface area contributed by atoms with Gasteiger partial charge in [0.05, 0.1) is 24.3 Å². The molecule has 0 spiro atoms. The standard InChI is InChI=1S/C22H24ClFN4O2S/c1-14(27(2)3)21-25-26-22(28(21)17-7-5-16(24)6-8-17)31-13-15-11-18(23)20-19(12-15)29-9-4-10-30-20/h5-8,11-12,14H,4,9-10,13H2,1-3H3/t14-/m1/s1. The van der Waals surface area contributed by atoms with E-state index in [2.05, 4.69) is 22.0 Å². The molecule has 164 valence electrons. The van der Waals surface area contributed by atoms with Crippen LogP contribution in [0, 0.1) is 5.82 Å². The van der Waals surface area contributed by atoms with E-state index in [0.717, 1.165) is 28.7 Å². The van der Waals surface area contributed by atoms with Crippen molar-refractivity contribution in [2.45, 2.75) is 30.3 Å². The molecule has 1 aromatic heterocycles. The zero-order valence-corrected chi connectivity index (χ0v) is 19.2. The highest BCUT2D eigenvalue weighted by molar-refractivity contribution is 7.98. The van der Waals surface area contributed by atoms with Crippen molar-refractivity contribution in [3.05, 3.63) is 58.6 Å². The van der Waals surface area contributed by atoms with Gasteiger partial charge in [-0.3, -0.25) is 9.47 Å². The molecule has 0 N–H and O–H groups in total. The van der Waals surface area contributed by atoms with Gasteiger partial charge in [0.2, 0.25) is 0 Å². The maximum Gasteiger partial charge on any atom is 0.196 e. The maximum atomic E-state index is 13.5. The normalized spacial score (nSPS) is 14.5. The first-order valence-electron chi connectivity index (χ1n) is 10.0. The van der Waals surface area contributed by atoms with Gasteiger partial charge in [-0.1, -0.05) is 23.4 Å². The van der Waals surface area contributed by atoms with Crippen LogP contribution in [0.4, 0.5) is 4.39 Å². The van der Waals surface area contributed by atoms with Crippen molar-refractivity contribution in [3.8, 4) is 17.2 Å². The lowest BCUT2D eigenvalue weighted by Gasteiger charge is -2.20. The van der Waals surface area contributed by atoms with Crippen LogP contribution in [-0.2, 0) is 5.75 Å². The highest BCUT2D eigenvalue weighted by Gasteiger charge is 2.22. The fraction of sp³-hybridized carbons (Fsp3) is 0.364. The van der Waals surface area contributed by atoms with Gasteiger partial charge in [-0.05, 0) is 63.0 Å². The second-order valence-corrected chi connectivity index (χ2v) is 8.89. The molecule has 0 saturated heterocycles. The lowest BCUT2D eigenvalue weighted by molar-refractivity contribution is 0.297. The fourth-order valence-electron chi connectivity index (χ4n) is 3.22. The Bertz CT molecular complexity index is 1060. The van der Waals surface area contributed by atoms with Gasteiger partial charge in [0.25, 0.3) is 0 Å². The topological polar surface area (TPSA) is 52.4 Å². The molecule has 0 aliphatic carbocycles. The molecule has 31 heavy (non-hydrogen) atoms. The summed E-state index contributed by atoms with van der Waals surface area (Å²) < 4.78 is 27.0. The molecule has 0 unspecified atom stereocenters. The van der Waals surface area contributed by atoms with E-state index < -0.39 is 0 Å². The molecule has 0 amide bonds. The monoisotopic (exact) mass is 462 g/mol. The van der Waals surface area contributed by atoms with Gasteiger partial charge >= 0.3 is 0 Å². The number of thioether (sulfide) groups is 1. The van der Waals surface area contributed by atoms with Gasteiger partial charge in [-0.15, -0.1) is 10.2 Å². The van der Waals surface area contributed by atoms with E-state index in [0.29, 0.717) is 35.5 Å². The van der Waals surface area contributed by atoms with E-state index in [1.807, 2.05) is 30.8 Å². The van der Waals surface area contributed by atoms with Gasteiger partial charge in [0.15, 0.2) is 22.5 Å². The number of nitrogens with zero attached hydrogens (tertiary/aromatic N) is 4. The molecule has 0 radical (unpaired) electrons. The van der Waals surface area contributed by atoms with Gasteiger partial charge in [-0.2, -0.15) is 0 Å². The van der Waals surface area contributed by atoms with Crippen molar-refractivity contribution in [1.82, 2.24) is 19.7 Å². The number of hydrogen-bond donors (Lipinski definition) is 0. The fourth-order valence-corrected chi connectivity index (χ4v) is 4.40. The Balaban J connectivity index is 1.64. The van der Waals surface area contributed by atoms with E-state index in [1.54, 1.807) is 12.1 Å². The summed E-state index contributed by atoms with van der Waals surface area (Å²) in [5, 5.41) is 10.1. The lowest BCUT2D eigenvalue weighted by atomic mass is 10.2. The molecule has 4 rings (SSSR count). The quantitative estimate of drug-likeness (QED) is 0.473. The molecule has 0 fully saturated rings. The third kappa shape index (κ3) is 4.81. The Labute approximate surface area is 190 Å². The Kier molecular flexibility index (Phi) is 6.69. The Morgan fingerprint density at radius 3 is 2.65 bits per heavy atom. The molecule has 2 heterocycles. The van der Waals surface area contributed by atoms with E-state index in [4.69, 9.17) is 21.1 Å². The summed E-state index contributed by atoms with van der Waals surface area (Å²) in [6, 6.07) is 10.2. The molecule has 3 aromatic rings. The molecule has 1 aliphatic rings. The number of aromatic nitrogens is 3. The largest absolute Gasteiger partial charge is 0.489 e. The zero-order valence-electron chi connectivity index (χ0n) is 17.6. The summed E-state index contributed by atoms with van der Waals surface area (Å²) in [7, 11) is 3.97. The van der Waals surface area contributed by atoms with Crippen molar-refractivity contribution in [1.29, 1.82) is 0 Å². The van der Waals surface area contributed by atoms with Gasteiger partial charge in [0.1, 0.15) is 5.82 Å². The molecule has 1 aliphatic heterocycles. The van der Waals surface area contributed by atoms with Crippen LogP contribution in [0.5, 0.6) is 11.5 Å². The van der Waals surface area contributed by atoms with Crippen molar-refractivity contribution in [3.63, 3.8) is 0 Å². The molecular weight excluding hydrogens is 439 g/mol. The minimum atomic E-state index is -0.282. The molecule has 0 bridgehead atoms. The predicted molar refractivity (Wildman–Crippen MR) is 120 cm³/mol. The highest BCUT2D eigenvalue weighted by Crippen LogP contribution is 2.39. The molecule has 0 saturated carbocycles. The van der Waals surface area contributed by atoms with Crippen LogP contribution in [0.15, 0.2) is 41.6 Å². The maximum absolute atomic E-state index is 13.5. The number of rotatable bonds is 6. The first-order chi connectivity index (χ1) is 14.9. The van der Waals surface area contributed by atoms with Crippen LogP contribution in [0.3, 0.4) is 0 Å². The van der Waals surface area contributed by atoms with Crippen LogP contribution in [0.2, 0.25) is 5.02 Å². The van der Waals surface area contributed by atoms with Crippen molar-refractivity contribution in [2.24, 2.45) is 0 Å². The Hall–Kier alpha value is -2.29. The number of ether oxygens (including phenoxy) is 2. The molecular formula is C22H24ClFN4O2S. The van der Waals surface area contributed by atoms with Crippen LogP contribution in [-0.4, -0.2) is 47.0 Å². The van der Waals surface area contributed by atoms with Crippen molar-refractivity contribution in [2.75, 3.05) is 27.3 Å². The average Bonchev–Trinajstić information content (AvgIpc) is 3.01. The minimum Gasteiger partial charge on any atom is -0.489 e. The van der Waals surface area contributed by atoms with Gasteiger partial charge < -0.3 is 9.47 Å². The minimum absolute atomic E-state index is 0.0272. The first kappa shape index (κ1) is 21.9. The molecule has 1 atom stereocenters. The lowest BCUT2D eigenvalue weighted by Crippen LogP contribution is -2.20. The highest BCUT2D eigenvalue weighted by atomic mass is 35.5. The summed E-state index contributed by atoms with van der Waals surface area (Å²) in [4.78, 5) is 2.06. The van der Waals surface area contributed by atoms with Crippen molar-refractivity contribution >= 4 is 23.4 Å². The molecule has 6 nitrogen and oxygen atoms in total.